The highest BCUT2D eigenvalue weighted by Gasteiger charge is 2.25. The van der Waals surface area contributed by atoms with Crippen LogP contribution in [0.25, 0.3) is 11.3 Å². The molecule has 192 valence electrons. The Hall–Kier alpha value is -3.31. The molecule has 1 saturated carbocycles. The normalized spacial score (nSPS) is 14.1. The van der Waals surface area contributed by atoms with Crippen LogP contribution in [0.4, 0.5) is 10.2 Å². The van der Waals surface area contributed by atoms with Crippen molar-refractivity contribution in [2.24, 2.45) is 13.0 Å². The Labute approximate surface area is 225 Å². The van der Waals surface area contributed by atoms with Gasteiger partial charge >= 0.3 is 5.82 Å². The first-order chi connectivity index (χ1) is 17.7. The van der Waals surface area contributed by atoms with Gasteiger partial charge in [0.15, 0.2) is 11.3 Å². The molecule has 0 radical (unpaired) electrons. The topological polar surface area (TPSA) is 101 Å². The van der Waals surface area contributed by atoms with E-state index in [2.05, 4.69) is 31.1 Å². The molecule has 0 saturated heterocycles. The number of rotatable bonds is 9. The molecule has 1 aliphatic carbocycles. The van der Waals surface area contributed by atoms with Gasteiger partial charge in [0.25, 0.3) is 0 Å². The lowest BCUT2D eigenvalue weighted by atomic mass is 9.96. The maximum atomic E-state index is 14.4. The van der Waals surface area contributed by atoms with E-state index in [4.69, 9.17) is 16.3 Å². The van der Waals surface area contributed by atoms with E-state index in [0.717, 1.165) is 17.7 Å². The third kappa shape index (κ3) is 5.67. The Balaban J connectivity index is 1.49. The molecule has 1 aliphatic rings. The predicted molar refractivity (Wildman–Crippen MR) is 139 cm³/mol. The highest BCUT2D eigenvalue weighted by atomic mass is 79.9. The van der Waals surface area contributed by atoms with Gasteiger partial charge in [-0.25, -0.2) is 4.39 Å². The van der Waals surface area contributed by atoms with Crippen LogP contribution in [0.5, 0.6) is 5.75 Å². The lowest BCUT2D eigenvalue weighted by Gasteiger charge is -2.18. The molecule has 0 bridgehead atoms. The minimum Gasteiger partial charge on any atom is -0.478 e. The SMILES string of the molecule is CC(Oc1cc(Br)cnc1[N+](=O)[O-])c1cc(F)ccc1-c1nn(C)cc1Cc1cn(CC2CC2)nc1Cl. The molecule has 1 fully saturated rings. The predicted octanol–water partition coefficient (Wildman–Crippen LogP) is 6.28. The van der Waals surface area contributed by atoms with Crippen LogP contribution in [-0.2, 0) is 20.0 Å². The van der Waals surface area contributed by atoms with Crippen LogP contribution in [0.15, 0.2) is 47.3 Å². The van der Waals surface area contributed by atoms with Crippen molar-refractivity contribution in [3.8, 4) is 17.0 Å². The maximum Gasteiger partial charge on any atom is 0.406 e. The number of nitrogens with zero attached hydrogens (tertiary/aromatic N) is 6. The Bertz CT molecular complexity index is 1490. The summed E-state index contributed by atoms with van der Waals surface area (Å²) in [5, 5.41) is 21.0. The molecule has 0 aliphatic heterocycles. The summed E-state index contributed by atoms with van der Waals surface area (Å²) in [6, 6.07) is 5.82. The Morgan fingerprint density at radius 2 is 2.05 bits per heavy atom. The number of ether oxygens (including phenoxy) is 1. The highest BCUT2D eigenvalue weighted by molar-refractivity contribution is 9.10. The highest BCUT2D eigenvalue weighted by Crippen LogP contribution is 2.37. The number of benzene rings is 1. The van der Waals surface area contributed by atoms with E-state index in [-0.39, 0.29) is 5.75 Å². The molecule has 0 N–H and O–H groups in total. The van der Waals surface area contributed by atoms with Gasteiger partial charge in [0.2, 0.25) is 5.75 Å². The van der Waals surface area contributed by atoms with Gasteiger partial charge in [0, 0.05) is 60.7 Å². The molecule has 1 aromatic carbocycles. The molecule has 5 rings (SSSR count). The van der Waals surface area contributed by atoms with Crippen molar-refractivity contribution in [3.63, 3.8) is 0 Å². The number of aromatic nitrogens is 5. The zero-order valence-electron chi connectivity index (χ0n) is 20.1. The number of pyridine rings is 1. The van der Waals surface area contributed by atoms with Crippen molar-refractivity contribution < 1.29 is 14.1 Å². The van der Waals surface area contributed by atoms with E-state index in [1.54, 1.807) is 17.7 Å². The second kappa shape index (κ2) is 10.2. The van der Waals surface area contributed by atoms with E-state index in [1.807, 2.05) is 24.1 Å². The van der Waals surface area contributed by atoms with Gasteiger partial charge in [-0.3, -0.25) is 9.36 Å². The maximum absolute atomic E-state index is 14.4. The summed E-state index contributed by atoms with van der Waals surface area (Å²) in [4.78, 5) is 14.7. The van der Waals surface area contributed by atoms with Gasteiger partial charge in [-0.05, 0) is 69.7 Å². The molecule has 12 heteroatoms. The van der Waals surface area contributed by atoms with E-state index < -0.39 is 22.7 Å². The molecule has 37 heavy (non-hydrogen) atoms. The van der Waals surface area contributed by atoms with Gasteiger partial charge in [-0.2, -0.15) is 10.2 Å². The van der Waals surface area contributed by atoms with Gasteiger partial charge in [-0.1, -0.05) is 11.6 Å². The fourth-order valence-corrected chi connectivity index (χ4v) is 4.81. The Morgan fingerprint density at radius 3 is 2.78 bits per heavy atom. The van der Waals surface area contributed by atoms with Crippen LogP contribution < -0.4 is 4.74 Å². The van der Waals surface area contributed by atoms with Gasteiger partial charge in [0.05, 0.1) is 10.2 Å². The smallest absolute Gasteiger partial charge is 0.406 e. The number of hydrogen-bond donors (Lipinski definition) is 0. The van der Waals surface area contributed by atoms with Crippen molar-refractivity contribution >= 4 is 33.3 Å². The summed E-state index contributed by atoms with van der Waals surface area (Å²) >= 11 is 9.72. The first kappa shape index (κ1) is 25.3. The van der Waals surface area contributed by atoms with Gasteiger partial charge in [0.1, 0.15) is 11.9 Å². The number of nitro groups is 1. The average molecular weight is 590 g/mol. The molecule has 4 aromatic rings. The summed E-state index contributed by atoms with van der Waals surface area (Å²) < 4.78 is 24.5. The second-order valence-electron chi connectivity index (χ2n) is 9.19. The monoisotopic (exact) mass is 588 g/mol. The molecule has 9 nitrogen and oxygen atoms in total. The minimum absolute atomic E-state index is 0.0295. The van der Waals surface area contributed by atoms with Crippen molar-refractivity contribution in [2.75, 3.05) is 0 Å². The number of hydrogen-bond acceptors (Lipinski definition) is 6. The van der Waals surface area contributed by atoms with Crippen LogP contribution >= 0.6 is 27.5 Å². The van der Waals surface area contributed by atoms with Crippen LogP contribution in [0, 0.1) is 21.8 Å². The fraction of sp³-hybridized carbons (Fsp3) is 0.320. The fourth-order valence-electron chi connectivity index (χ4n) is 4.29. The van der Waals surface area contributed by atoms with E-state index in [1.165, 1.54) is 37.2 Å². The minimum atomic E-state index is -0.750. The number of aryl methyl sites for hydroxylation is 1. The van der Waals surface area contributed by atoms with Gasteiger partial charge in [-0.15, -0.1) is 0 Å². The van der Waals surface area contributed by atoms with Crippen LogP contribution in [-0.4, -0.2) is 29.5 Å². The van der Waals surface area contributed by atoms with E-state index in [9.17, 15) is 14.5 Å². The van der Waals surface area contributed by atoms with Crippen LogP contribution in [0.3, 0.4) is 0 Å². The lowest BCUT2D eigenvalue weighted by molar-refractivity contribution is -0.390. The standard InChI is InChI=1S/C25H23BrClFN6O3/c1-14(37-22-8-18(26)10-29-25(22)34(35)36)21-9-19(28)5-6-20(21)23-16(12-32(2)30-23)7-17-13-33(31-24(17)27)11-15-3-4-15/h5-6,8-10,12-15H,3-4,7,11H2,1-2H3. The third-order valence-corrected chi connectivity index (χ3v) is 6.95. The first-order valence-electron chi connectivity index (χ1n) is 11.7. The third-order valence-electron chi connectivity index (χ3n) is 6.20. The second-order valence-corrected chi connectivity index (χ2v) is 10.5. The zero-order chi connectivity index (χ0) is 26.3. The largest absolute Gasteiger partial charge is 0.478 e. The molecule has 3 aromatic heterocycles. The average Bonchev–Trinajstić information content (AvgIpc) is 3.48. The summed E-state index contributed by atoms with van der Waals surface area (Å²) in [6.07, 6.45) is 7.35. The molecule has 0 spiro atoms. The molecular formula is C25H23BrClFN6O3. The lowest BCUT2D eigenvalue weighted by Crippen LogP contribution is -2.08. The van der Waals surface area contributed by atoms with Crippen LogP contribution in [0.1, 0.15) is 42.6 Å². The van der Waals surface area contributed by atoms with Crippen LogP contribution in [0.2, 0.25) is 5.15 Å². The van der Waals surface area contributed by atoms with Crippen molar-refractivity contribution in [1.82, 2.24) is 24.5 Å². The first-order valence-corrected chi connectivity index (χ1v) is 12.9. The Kier molecular flexibility index (Phi) is 7.00. The van der Waals surface area contributed by atoms with Crippen molar-refractivity contribution in [1.29, 1.82) is 0 Å². The Morgan fingerprint density at radius 1 is 1.27 bits per heavy atom. The quantitative estimate of drug-likeness (QED) is 0.168. The summed E-state index contributed by atoms with van der Waals surface area (Å²) in [5.74, 6) is -0.252. The molecular weight excluding hydrogens is 567 g/mol. The summed E-state index contributed by atoms with van der Waals surface area (Å²) in [6.45, 7) is 2.55. The molecule has 1 unspecified atom stereocenters. The zero-order valence-corrected chi connectivity index (χ0v) is 22.4. The van der Waals surface area contributed by atoms with E-state index >= 15 is 0 Å². The summed E-state index contributed by atoms with van der Waals surface area (Å²) in [5.41, 5.74) is 3.54. The summed E-state index contributed by atoms with van der Waals surface area (Å²) in [7, 11) is 1.81. The van der Waals surface area contributed by atoms with Crippen molar-refractivity contribution in [2.45, 2.75) is 38.8 Å². The van der Waals surface area contributed by atoms with E-state index in [0.29, 0.717) is 38.8 Å². The number of halogens is 3. The van der Waals surface area contributed by atoms with Crippen molar-refractivity contribution in [3.05, 3.63) is 85.1 Å². The molecule has 3 heterocycles. The van der Waals surface area contributed by atoms with Gasteiger partial charge < -0.3 is 14.9 Å². The molecule has 1 atom stereocenters. The molecule has 0 amide bonds.